The fourth-order valence-corrected chi connectivity index (χ4v) is 6.44. The van der Waals surface area contributed by atoms with Crippen molar-refractivity contribution in [2.24, 2.45) is 5.92 Å². The first-order chi connectivity index (χ1) is 22.9. The van der Waals surface area contributed by atoms with E-state index in [0.717, 1.165) is 45.1 Å². The summed E-state index contributed by atoms with van der Waals surface area (Å²) in [6.45, 7) is 6.18. The molecule has 2 aromatic carbocycles. The second-order valence-electron chi connectivity index (χ2n) is 12.3. The highest BCUT2D eigenvalue weighted by Gasteiger charge is 2.38. The number of rotatable bonds is 8. The highest BCUT2D eigenvalue weighted by atomic mass is 19.1. The summed E-state index contributed by atoms with van der Waals surface area (Å²) in [5.74, 6) is 0.130. The van der Waals surface area contributed by atoms with E-state index >= 15 is 4.39 Å². The number of halogens is 1. The van der Waals surface area contributed by atoms with Crippen molar-refractivity contribution in [1.82, 2.24) is 30.1 Å². The molecule has 47 heavy (non-hydrogen) atoms. The van der Waals surface area contributed by atoms with Gasteiger partial charge in [-0.25, -0.2) is 14.4 Å². The van der Waals surface area contributed by atoms with Gasteiger partial charge in [-0.15, -0.1) is 0 Å². The minimum atomic E-state index is -1.44. The zero-order chi connectivity index (χ0) is 32.3. The summed E-state index contributed by atoms with van der Waals surface area (Å²) >= 11 is 0. The van der Waals surface area contributed by atoms with Crippen LogP contribution in [0, 0.1) is 17.2 Å². The van der Waals surface area contributed by atoms with E-state index in [1.807, 2.05) is 12.1 Å². The molecule has 4 saturated heterocycles. The van der Waals surface area contributed by atoms with E-state index in [9.17, 15) is 14.9 Å². The Kier molecular flexibility index (Phi) is 8.82. The molecule has 4 aliphatic heterocycles. The maximum Gasteiger partial charge on any atom is 0.230 e. The topological polar surface area (TPSA) is 149 Å². The lowest BCUT2D eigenvalue weighted by atomic mass is 10.0. The van der Waals surface area contributed by atoms with Gasteiger partial charge in [0.05, 0.1) is 37.3 Å². The number of carbonyl (C=O) groups excluding carboxylic acids is 2. The van der Waals surface area contributed by atoms with Crippen molar-refractivity contribution in [2.75, 3.05) is 69.2 Å². The summed E-state index contributed by atoms with van der Waals surface area (Å²) in [5.41, 5.74) is 2.80. The van der Waals surface area contributed by atoms with Crippen molar-refractivity contribution in [3.8, 4) is 23.2 Å². The molecule has 5 heterocycles. The van der Waals surface area contributed by atoms with Crippen molar-refractivity contribution in [3.63, 3.8) is 0 Å². The molecule has 1 aromatic heterocycles. The van der Waals surface area contributed by atoms with Crippen LogP contribution in [-0.2, 0) is 14.3 Å². The van der Waals surface area contributed by atoms with Crippen LogP contribution in [-0.4, -0.2) is 114 Å². The van der Waals surface area contributed by atoms with Crippen molar-refractivity contribution in [3.05, 3.63) is 54.4 Å². The number of hydrogen-bond donors (Lipinski definition) is 2. The Morgan fingerprint density at radius 2 is 1.89 bits per heavy atom. The number of piperazine rings is 1. The predicted molar refractivity (Wildman–Crippen MR) is 170 cm³/mol. The highest BCUT2D eigenvalue weighted by Crippen LogP contribution is 2.29. The first-order valence-corrected chi connectivity index (χ1v) is 16.0. The molecule has 2 N–H and O–H groups in total. The number of hydrogen-bond acceptors (Lipinski definition) is 11. The van der Waals surface area contributed by atoms with Crippen LogP contribution in [0.5, 0.6) is 5.75 Å². The van der Waals surface area contributed by atoms with E-state index in [1.165, 1.54) is 16.9 Å². The van der Waals surface area contributed by atoms with Gasteiger partial charge in [-0.3, -0.25) is 14.5 Å². The normalized spacial score (nSPS) is 23.5. The van der Waals surface area contributed by atoms with Gasteiger partial charge in [-0.2, -0.15) is 10.2 Å². The van der Waals surface area contributed by atoms with Crippen LogP contribution < -0.4 is 20.3 Å². The van der Waals surface area contributed by atoms with Crippen molar-refractivity contribution in [1.29, 1.82) is 5.26 Å². The van der Waals surface area contributed by atoms with Gasteiger partial charge in [-0.1, -0.05) is 0 Å². The Morgan fingerprint density at radius 3 is 2.57 bits per heavy atom. The zero-order valence-electron chi connectivity index (χ0n) is 25.8. The van der Waals surface area contributed by atoms with E-state index in [-0.39, 0.29) is 49.1 Å². The van der Waals surface area contributed by atoms with Crippen LogP contribution in [0.15, 0.2) is 48.8 Å². The maximum absolute atomic E-state index is 15.2. The number of amides is 2. The molecule has 0 saturated carbocycles. The molecule has 4 aliphatic rings. The Hall–Kier alpha value is -4.87. The smallest absolute Gasteiger partial charge is 0.230 e. The number of nitrogens with one attached hydrogen (secondary N) is 2. The highest BCUT2D eigenvalue weighted by molar-refractivity contribution is 5.89. The first kappa shape index (κ1) is 30.8. The van der Waals surface area contributed by atoms with Gasteiger partial charge in [0.2, 0.25) is 17.8 Å². The average Bonchev–Trinajstić information content (AvgIpc) is 3.51. The van der Waals surface area contributed by atoms with Gasteiger partial charge in [0.1, 0.15) is 24.3 Å². The number of benzene rings is 2. The summed E-state index contributed by atoms with van der Waals surface area (Å²) in [4.78, 5) is 43.7. The third-order valence-electron chi connectivity index (χ3n) is 9.27. The zero-order valence-corrected chi connectivity index (χ0v) is 25.8. The van der Waals surface area contributed by atoms with E-state index in [0.29, 0.717) is 29.9 Å². The maximum atomic E-state index is 15.2. The molecule has 0 radical (unpaired) electrons. The summed E-state index contributed by atoms with van der Waals surface area (Å²) in [6.07, 6.45) is -0.447. The number of ether oxygens (including phenoxy) is 2. The Labute approximate surface area is 271 Å². The minimum Gasteiger partial charge on any atom is -0.486 e. The molecule has 3 aromatic rings. The van der Waals surface area contributed by atoms with E-state index in [1.54, 1.807) is 18.2 Å². The number of likely N-dealkylation sites (tertiary alicyclic amines) is 1. The van der Waals surface area contributed by atoms with Crippen LogP contribution in [0.25, 0.3) is 11.4 Å². The molecular weight excluding hydrogens is 605 g/mol. The number of piperidine rings is 1. The van der Waals surface area contributed by atoms with Gasteiger partial charge in [0.15, 0.2) is 12.0 Å². The lowest BCUT2D eigenvalue weighted by Gasteiger charge is -2.43. The largest absolute Gasteiger partial charge is 0.486 e. The molecule has 0 bridgehead atoms. The van der Waals surface area contributed by atoms with E-state index < -0.39 is 18.2 Å². The Morgan fingerprint density at radius 1 is 1.09 bits per heavy atom. The van der Waals surface area contributed by atoms with Gasteiger partial charge in [-0.05, 0) is 42.5 Å². The molecule has 3 atom stereocenters. The molecule has 0 spiro atoms. The quantitative estimate of drug-likeness (QED) is 0.373. The molecule has 0 aliphatic carbocycles. The molecular formula is C33H36FN9O4. The fourth-order valence-electron chi connectivity index (χ4n) is 6.44. The molecule has 244 valence electrons. The monoisotopic (exact) mass is 641 g/mol. The van der Waals surface area contributed by atoms with Gasteiger partial charge in [0, 0.05) is 69.0 Å². The predicted octanol–water partition coefficient (Wildman–Crippen LogP) is 2.13. The Bertz CT molecular complexity index is 1660. The van der Waals surface area contributed by atoms with Crippen molar-refractivity contribution < 1.29 is 23.5 Å². The van der Waals surface area contributed by atoms with Gasteiger partial charge >= 0.3 is 0 Å². The average molecular weight is 642 g/mol. The van der Waals surface area contributed by atoms with E-state index in [2.05, 4.69) is 53.6 Å². The van der Waals surface area contributed by atoms with Crippen LogP contribution >= 0.6 is 0 Å². The number of nitriles is 1. The summed E-state index contributed by atoms with van der Waals surface area (Å²) < 4.78 is 26.4. The standard InChI is InChI=1S/C33H36FN9O4/c34-27-17-43(32(45)23-14-30(44)36-16-23)8-7-29(27)47-28-6-1-21(13-22(28)15-35)31-37-20-38-33(40-31)39-24-2-4-25(5-3-24)41-9-11-42(12-10-41)26-18-46-19-26/h1-6,13,20,23,26-27,29H,7-12,14,16-19H2,(H,36,44)(H,37,38,39,40)/t23-,27+,29-/m0/s1. The summed E-state index contributed by atoms with van der Waals surface area (Å²) in [5, 5.41) is 15.7. The fraction of sp³-hybridized carbons (Fsp3) is 0.455. The second kappa shape index (κ2) is 13.5. The Balaban J connectivity index is 0.956. The molecule has 13 nitrogen and oxygen atoms in total. The number of nitrogens with zero attached hydrogens (tertiary/aromatic N) is 7. The van der Waals surface area contributed by atoms with Crippen LogP contribution in [0.2, 0.25) is 0 Å². The third kappa shape index (κ3) is 6.81. The molecule has 4 fully saturated rings. The molecule has 7 rings (SSSR count). The summed E-state index contributed by atoms with van der Waals surface area (Å²) in [7, 11) is 0. The molecule has 2 amide bonds. The first-order valence-electron chi connectivity index (χ1n) is 16.0. The molecule has 0 unspecified atom stereocenters. The number of anilines is 3. The van der Waals surface area contributed by atoms with Crippen LogP contribution in [0.4, 0.5) is 21.7 Å². The van der Waals surface area contributed by atoms with E-state index in [4.69, 9.17) is 9.47 Å². The van der Waals surface area contributed by atoms with Crippen molar-refractivity contribution in [2.45, 2.75) is 31.2 Å². The van der Waals surface area contributed by atoms with Gasteiger partial charge in [0.25, 0.3) is 0 Å². The second-order valence-corrected chi connectivity index (χ2v) is 12.3. The molecule has 14 heteroatoms. The van der Waals surface area contributed by atoms with Crippen LogP contribution in [0.3, 0.4) is 0 Å². The third-order valence-corrected chi connectivity index (χ3v) is 9.27. The SMILES string of the molecule is N#Cc1cc(-c2ncnc(Nc3ccc(N4CCN(C5COC5)CC4)cc3)n2)ccc1O[C@H]1CCN(C(=O)[C@@H]2CNC(=O)C2)C[C@H]1F. The minimum absolute atomic E-state index is 0.120. The van der Waals surface area contributed by atoms with Gasteiger partial charge < -0.3 is 29.9 Å². The summed E-state index contributed by atoms with van der Waals surface area (Å²) in [6, 6.07) is 15.8. The van der Waals surface area contributed by atoms with Crippen LogP contribution in [0.1, 0.15) is 18.4 Å². The number of aromatic nitrogens is 3. The number of alkyl halides is 1. The van der Waals surface area contributed by atoms with Crippen molar-refractivity contribution >= 4 is 29.1 Å². The number of carbonyl (C=O) groups is 2. The lowest BCUT2D eigenvalue weighted by Crippen LogP contribution is -2.56. The lowest BCUT2D eigenvalue weighted by molar-refractivity contribution is -0.139.